The largest absolute Gasteiger partial charge is 0.494 e. The first-order valence-electron chi connectivity index (χ1n) is 7.36. The van der Waals surface area contributed by atoms with Crippen LogP contribution in [0.2, 0.25) is 0 Å². The summed E-state index contributed by atoms with van der Waals surface area (Å²) in [6.45, 7) is 6.26. The maximum absolute atomic E-state index is 5.77. The second kappa shape index (κ2) is 8.15. The number of pyridine rings is 1. The van der Waals surface area contributed by atoms with E-state index in [0.29, 0.717) is 6.61 Å². The summed E-state index contributed by atoms with van der Waals surface area (Å²) in [7, 11) is 0. The van der Waals surface area contributed by atoms with Gasteiger partial charge in [0.25, 0.3) is 0 Å². The molecular formula is C17H22N2O2. The van der Waals surface area contributed by atoms with Crippen molar-refractivity contribution in [1.82, 2.24) is 4.98 Å². The highest BCUT2D eigenvalue weighted by Crippen LogP contribution is 2.19. The summed E-state index contributed by atoms with van der Waals surface area (Å²) in [5.41, 5.74) is 1.09. The Morgan fingerprint density at radius 1 is 1.00 bits per heavy atom. The summed E-state index contributed by atoms with van der Waals surface area (Å²) < 4.78 is 11.3. The van der Waals surface area contributed by atoms with Crippen LogP contribution in [-0.2, 0) is 6.61 Å². The standard InChI is InChI=1S/C17H22N2O2/c1-3-11-20-15-5-7-16(8-6-15)21-13-14-9-10-19-17(12-14)18-4-2/h5-10,12H,3-4,11,13H2,1-2H3,(H,18,19). The maximum atomic E-state index is 5.77. The number of hydrogen-bond donors (Lipinski definition) is 1. The Kier molecular flexibility index (Phi) is 5.88. The third-order valence-corrected chi connectivity index (χ3v) is 2.88. The molecule has 0 spiro atoms. The van der Waals surface area contributed by atoms with E-state index in [1.165, 1.54) is 0 Å². The predicted molar refractivity (Wildman–Crippen MR) is 85.0 cm³/mol. The smallest absolute Gasteiger partial charge is 0.126 e. The van der Waals surface area contributed by atoms with Gasteiger partial charge in [-0.05, 0) is 55.3 Å². The summed E-state index contributed by atoms with van der Waals surface area (Å²) >= 11 is 0. The zero-order valence-corrected chi connectivity index (χ0v) is 12.6. The average molecular weight is 286 g/mol. The molecule has 0 saturated heterocycles. The van der Waals surface area contributed by atoms with E-state index >= 15 is 0 Å². The van der Waals surface area contributed by atoms with Gasteiger partial charge in [0.15, 0.2) is 0 Å². The van der Waals surface area contributed by atoms with E-state index in [-0.39, 0.29) is 0 Å². The van der Waals surface area contributed by atoms with Crippen molar-refractivity contribution in [3.05, 3.63) is 48.2 Å². The van der Waals surface area contributed by atoms with Crippen molar-refractivity contribution in [2.75, 3.05) is 18.5 Å². The van der Waals surface area contributed by atoms with Crippen LogP contribution < -0.4 is 14.8 Å². The highest BCUT2D eigenvalue weighted by atomic mass is 16.5. The fraction of sp³-hybridized carbons (Fsp3) is 0.353. The Morgan fingerprint density at radius 2 is 1.71 bits per heavy atom. The number of ether oxygens (including phenoxy) is 2. The summed E-state index contributed by atoms with van der Waals surface area (Å²) in [5, 5.41) is 3.19. The van der Waals surface area contributed by atoms with Crippen molar-refractivity contribution in [2.24, 2.45) is 0 Å². The molecule has 1 aromatic carbocycles. The molecule has 4 nitrogen and oxygen atoms in total. The van der Waals surface area contributed by atoms with Gasteiger partial charge in [0.05, 0.1) is 6.61 Å². The molecule has 112 valence electrons. The van der Waals surface area contributed by atoms with Gasteiger partial charge in [-0.3, -0.25) is 0 Å². The van der Waals surface area contributed by atoms with E-state index < -0.39 is 0 Å². The zero-order chi connectivity index (χ0) is 14.9. The molecule has 0 fully saturated rings. The number of nitrogens with one attached hydrogen (secondary N) is 1. The van der Waals surface area contributed by atoms with Crippen LogP contribution >= 0.6 is 0 Å². The second-order valence-corrected chi connectivity index (χ2v) is 4.69. The number of anilines is 1. The first kappa shape index (κ1) is 15.2. The summed E-state index contributed by atoms with van der Waals surface area (Å²) in [6, 6.07) is 11.7. The average Bonchev–Trinajstić information content (AvgIpc) is 2.53. The molecule has 1 aromatic heterocycles. The fourth-order valence-corrected chi connectivity index (χ4v) is 1.86. The van der Waals surface area contributed by atoms with Gasteiger partial charge >= 0.3 is 0 Å². The second-order valence-electron chi connectivity index (χ2n) is 4.69. The van der Waals surface area contributed by atoms with E-state index in [2.05, 4.69) is 17.2 Å². The van der Waals surface area contributed by atoms with Gasteiger partial charge in [-0.1, -0.05) is 6.92 Å². The van der Waals surface area contributed by atoms with Gasteiger partial charge in [0.1, 0.15) is 23.9 Å². The van der Waals surface area contributed by atoms with Gasteiger partial charge in [-0.25, -0.2) is 4.98 Å². The van der Waals surface area contributed by atoms with Gasteiger partial charge in [0.2, 0.25) is 0 Å². The Morgan fingerprint density at radius 3 is 2.38 bits per heavy atom. The number of aromatic nitrogens is 1. The lowest BCUT2D eigenvalue weighted by atomic mass is 10.2. The molecule has 2 rings (SSSR count). The van der Waals surface area contributed by atoms with E-state index in [1.807, 2.05) is 43.3 Å². The van der Waals surface area contributed by atoms with E-state index in [4.69, 9.17) is 9.47 Å². The topological polar surface area (TPSA) is 43.4 Å². The Bertz CT molecular complexity index is 541. The first-order valence-corrected chi connectivity index (χ1v) is 7.36. The van der Waals surface area contributed by atoms with Crippen LogP contribution in [0.5, 0.6) is 11.5 Å². The molecule has 2 aromatic rings. The highest BCUT2D eigenvalue weighted by molar-refractivity contribution is 5.37. The van der Waals surface area contributed by atoms with Crippen LogP contribution in [0.15, 0.2) is 42.6 Å². The monoisotopic (exact) mass is 286 g/mol. The molecule has 4 heteroatoms. The lowest BCUT2D eigenvalue weighted by Crippen LogP contribution is -2.01. The normalized spacial score (nSPS) is 10.2. The molecule has 0 aliphatic heterocycles. The number of hydrogen-bond acceptors (Lipinski definition) is 4. The van der Waals surface area contributed by atoms with Crippen LogP contribution in [0.25, 0.3) is 0 Å². The zero-order valence-electron chi connectivity index (χ0n) is 12.6. The fourth-order valence-electron chi connectivity index (χ4n) is 1.86. The molecule has 0 unspecified atom stereocenters. The molecule has 21 heavy (non-hydrogen) atoms. The molecule has 0 radical (unpaired) electrons. The Balaban J connectivity index is 1.88. The molecule has 1 heterocycles. The van der Waals surface area contributed by atoms with Crippen LogP contribution in [0.4, 0.5) is 5.82 Å². The van der Waals surface area contributed by atoms with Crippen molar-refractivity contribution in [3.8, 4) is 11.5 Å². The van der Waals surface area contributed by atoms with Crippen molar-refractivity contribution in [2.45, 2.75) is 26.9 Å². The van der Waals surface area contributed by atoms with E-state index in [0.717, 1.165) is 42.5 Å². The molecule has 0 aliphatic rings. The molecular weight excluding hydrogens is 264 g/mol. The predicted octanol–water partition coefficient (Wildman–Crippen LogP) is 3.88. The number of nitrogens with zero attached hydrogens (tertiary/aromatic N) is 1. The molecule has 0 bridgehead atoms. The minimum absolute atomic E-state index is 0.524. The summed E-state index contributed by atoms with van der Waals surface area (Å²) in [6.07, 6.45) is 2.80. The van der Waals surface area contributed by atoms with Crippen LogP contribution in [0, 0.1) is 0 Å². The van der Waals surface area contributed by atoms with E-state index in [9.17, 15) is 0 Å². The van der Waals surface area contributed by atoms with Crippen molar-refractivity contribution in [1.29, 1.82) is 0 Å². The molecule has 0 aliphatic carbocycles. The summed E-state index contributed by atoms with van der Waals surface area (Å²) in [4.78, 5) is 4.24. The maximum Gasteiger partial charge on any atom is 0.126 e. The quantitative estimate of drug-likeness (QED) is 0.799. The Hall–Kier alpha value is -2.23. The van der Waals surface area contributed by atoms with Crippen molar-refractivity contribution < 1.29 is 9.47 Å². The van der Waals surface area contributed by atoms with Gasteiger partial charge < -0.3 is 14.8 Å². The molecule has 0 atom stereocenters. The third kappa shape index (κ3) is 4.99. The number of benzene rings is 1. The minimum atomic E-state index is 0.524. The van der Waals surface area contributed by atoms with Crippen LogP contribution in [-0.4, -0.2) is 18.1 Å². The molecule has 1 N–H and O–H groups in total. The highest BCUT2D eigenvalue weighted by Gasteiger charge is 1.99. The van der Waals surface area contributed by atoms with Gasteiger partial charge in [-0.15, -0.1) is 0 Å². The Labute approximate surface area is 126 Å². The minimum Gasteiger partial charge on any atom is -0.494 e. The lowest BCUT2D eigenvalue weighted by Gasteiger charge is -2.09. The third-order valence-electron chi connectivity index (χ3n) is 2.88. The van der Waals surface area contributed by atoms with Crippen molar-refractivity contribution >= 4 is 5.82 Å². The number of rotatable bonds is 8. The van der Waals surface area contributed by atoms with Crippen molar-refractivity contribution in [3.63, 3.8) is 0 Å². The SMILES string of the molecule is CCCOc1ccc(OCc2ccnc(NCC)c2)cc1. The van der Waals surface area contributed by atoms with Gasteiger partial charge in [-0.2, -0.15) is 0 Å². The van der Waals surface area contributed by atoms with Crippen LogP contribution in [0.1, 0.15) is 25.8 Å². The van der Waals surface area contributed by atoms with Gasteiger partial charge in [0, 0.05) is 12.7 Å². The summed E-state index contributed by atoms with van der Waals surface area (Å²) in [5.74, 6) is 2.59. The molecule has 0 amide bonds. The van der Waals surface area contributed by atoms with Crippen LogP contribution in [0.3, 0.4) is 0 Å². The molecule has 0 saturated carbocycles. The first-order chi connectivity index (χ1) is 10.3. The van der Waals surface area contributed by atoms with E-state index in [1.54, 1.807) is 6.20 Å². The lowest BCUT2D eigenvalue weighted by molar-refractivity contribution is 0.301.